The lowest BCUT2D eigenvalue weighted by molar-refractivity contribution is 0.596. The number of nitrogens with zero attached hydrogens (tertiary/aromatic N) is 4. The number of halogens is 1. The van der Waals surface area contributed by atoms with Crippen LogP contribution in [0.4, 0.5) is 27.7 Å². The van der Waals surface area contributed by atoms with E-state index in [4.69, 9.17) is 11.5 Å². The zero-order valence-electron chi connectivity index (χ0n) is 11.5. The Balaban J connectivity index is 1.72. The molecule has 1 aromatic heterocycles. The van der Waals surface area contributed by atoms with Gasteiger partial charge in [-0.3, -0.25) is 0 Å². The third-order valence-electron chi connectivity index (χ3n) is 3.55. The molecule has 7 heteroatoms. The number of para-hydroxylation sites is 1. The Morgan fingerprint density at radius 1 is 0.952 bits per heavy atom. The number of rotatable bonds is 2. The quantitative estimate of drug-likeness (QED) is 0.861. The molecule has 1 aliphatic rings. The molecule has 4 N–H and O–H groups in total. The second-order valence-corrected chi connectivity index (χ2v) is 4.93. The Morgan fingerprint density at radius 2 is 1.62 bits per heavy atom. The van der Waals surface area contributed by atoms with Gasteiger partial charge in [0, 0.05) is 32.2 Å². The van der Waals surface area contributed by atoms with Crippen LogP contribution in [0.15, 0.2) is 30.3 Å². The molecule has 0 unspecified atom stereocenters. The lowest BCUT2D eigenvalue weighted by Gasteiger charge is -2.36. The van der Waals surface area contributed by atoms with Crippen LogP contribution in [0.3, 0.4) is 0 Å². The standard InChI is InChI=1S/C14H17FN6/c15-10-3-1-2-4-11(10)20-5-7-21(8-6-20)13-9-12(16)18-14(17)19-13/h1-4,9H,5-8H2,(H4,16,17,18,19). The summed E-state index contributed by atoms with van der Waals surface area (Å²) in [6, 6.07) is 8.52. The first-order valence-corrected chi connectivity index (χ1v) is 6.78. The van der Waals surface area contributed by atoms with Crippen molar-refractivity contribution >= 4 is 23.3 Å². The third kappa shape index (κ3) is 2.81. The van der Waals surface area contributed by atoms with E-state index in [0.717, 1.165) is 13.1 Å². The minimum atomic E-state index is -0.193. The molecule has 6 nitrogen and oxygen atoms in total. The van der Waals surface area contributed by atoms with Gasteiger partial charge < -0.3 is 21.3 Å². The van der Waals surface area contributed by atoms with Crippen LogP contribution in [0.1, 0.15) is 0 Å². The summed E-state index contributed by atoms with van der Waals surface area (Å²) in [6.07, 6.45) is 0. The maximum atomic E-state index is 13.8. The van der Waals surface area contributed by atoms with Crippen LogP contribution in [0.5, 0.6) is 0 Å². The largest absolute Gasteiger partial charge is 0.383 e. The Morgan fingerprint density at radius 3 is 2.29 bits per heavy atom. The fourth-order valence-electron chi connectivity index (χ4n) is 2.52. The highest BCUT2D eigenvalue weighted by Gasteiger charge is 2.20. The summed E-state index contributed by atoms with van der Waals surface area (Å²) in [4.78, 5) is 12.2. The van der Waals surface area contributed by atoms with Crippen molar-refractivity contribution < 1.29 is 4.39 Å². The van der Waals surface area contributed by atoms with E-state index in [1.807, 2.05) is 11.0 Å². The van der Waals surface area contributed by atoms with Gasteiger partial charge >= 0.3 is 0 Å². The monoisotopic (exact) mass is 288 g/mol. The van der Waals surface area contributed by atoms with Crippen LogP contribution in [0.2, 0.25) is 0 Å². The molecule has 2 heterocycles. The average Bonchev–Trinajstić information content (AvgIpc) is 2.47. The summed E-state index contributed by atoms with van der Waals surface area (Å²) in [6.45, 7) is 2.88. The van der Waals surface area contributed by atoms with Crippen molar-refractivity contribution in [3.63, 3.8) is 0 Å². The van der Waals surface area contributed by atoms with Gasteiger partial charge in [0.1, 0.15) is 17.5 Å². The number of benzene rings is 1. The van der Waals surface area contributed by atoms with E-state index in [1.165, 1.54) is 6.07 Å². The van der Waals surface area contributed by atoms with E-state index >= 15 is 0 Å². The van der Waals surface area contributed by atoms with E-state index in [2.05, 4.69) is 14.9 Å². The van der Waals surface area contributed by atoms with E-state index in [0.29, 0.717) is 30.4 Å². The SMILES string of the molecule is Nc1cc(N2CCN(c3ccccc3F)CC2)nc(N)n1. The number of hydrogen-bond donors (Lipinski definition) is 2. The topological polar surface area (TPSA) is 84.3 Å². The molecule has 1 fully saturated rings. The zero-order chi connectivity index (χ0) is 14.8. The molecule has 2 aromatic rings. The molecular formula is C14H17FN6. The fraction of sp³-hybridized carbons (Fsp3) is 0.286. The molecule has 0 spiro atoms. The highest BCUT2D eigenvalue weighted by molar-refractivity contribution is 5.53. The molecule has 21 heavy (non-hydrogen) atoms. The van der Waals surface area contributed by atoms with Gasteiger partial charge in [0.25, 0.3) is 0 Å². The summed E-state index contributed by atoms with van der Waals surface area (Å²) in [5, 5.41) is 0. The van der Waals surface area contributed by atoms with Gasteiger partial charge in [0.05, 0.1) is 5.69 Å². The Labute approximate surface area is 122 Å². The maximum absolute atomic E-state index is 13.8. The summed E-state index contributed by atoms with van der Waals surface area (Å²) in [7, 11) is 0. The first kappa shape index (κ1) is 13.4. The number of nitrogens with two attached hydrogens (primary N) is 2. The maximum Gasteiger partial charge on any atom is 0.223 e. The average molecular weight is 288 g/mol. The first-order chi connectivity index (χ1) is 10.1. The van der Waals surface area contributed by atoms with Crippen LogP contribution in [-0.2, 0) is 0 Å². The van der Waals surface area contributed by atoms with E-state index in [-0.39, 0.29) is 11.8 Å². The molecule has 110 valence electrons. The van der Waals surface area contributed by atoms with Gasteiger partial charge in [0.2, 0.25) is 5.95 Å². The highest BCUT2D eigenvalue weighted by Crippen LogP contribution is 2.22. The Bertz CT molecular complexity index is 619. The van der Waals surface area contributed by atoms with Crippen molar-refractivity contribution in [1.29, 1.82) is 0 Å². The molecule has 3 rings (SSSR count). The second kappa shape index (κ2) is 5.43. The van der Waals surface area contributed by atoms with Crippen molar-refractivity contribution in [1.82, 2.24) is 9.97 Å². The van der Waals surface area contributed by atoms with E-state index in [1.54, 1.807) is 18.2 Å². The smallest absolute Gasteiger partial charge is 0.223 e. The van der Waals surface area contributed by atoms with Crippen LogP contribution >= 0.6 is 0 Å². The molecule has 0 aliphatic carbocycles. The molecule has 0 saturated carbocycles. The number of hydrogen-bond acceptors (Lipinski definition) is 6. The predicted octanol–water partition coefficient (Wildman–Crippen LogP) is 1.11. The molecule has 0 atom stereocenters. The van der Waals surface area contributed by atoms with Crippen molar-refractivity contribution in [2.75, 3.05) is 47.4 Å². The Hall–Kier alpha value is -2.57. The van der Waals surface area contributed by atoms with Gasteiger partial charge in [-0.05, 0) is 12.1 Å². The van der Waals surface area contributed by atoms with Gasteiger partial charge in [0.15, 0.2) is 0 Å². The fourth-order valence-corrected chi connectivity index (χ4v) is 2.52. The zero-order valence-corrected chi connectivity index (χ0v) is 11.5. The lowest BCUT2D eigenvalue weighted by Crippen LogP contribution is -2.47. The van der Waals surface area contributed by atoms with Crippen LogP contribution < -0.4 is 21.3 Å². The molecule has 0 amide bonds. The molecule has 0 bridgehead atoms. The molecule has 1 saturated heterocycles. The minimum Gasteiger partial charge on any atom is -0.383 e. The second-order valence-electron chi connectivity index (χ2n) is 4.93. The van der Waals surface area contributed by atoms with Gasteiger partial charge in [-0.1, -0.05) is 12.1 Å². The molecular weight excluding hydrogens is 271 g/mol. The normalized spacial score (nSPS) is 15.3. The van der Waals surface area contributed by atoms with Crippen LogP contribution in [0.25, 0.3) is 0 Å². The summed E-state index contributed by atoms with van der Waals surface area (Å²) in [5.41, 5.74) is 11.9. The van der Waals surface area contributed by atoms with Gasteiger partial charge in [-0.15, -0.1) is 0 Å². The predicted molar refractivity (Wildman–Crippen MR) is 81.7 cm³/mol. The van der Waals surface area contributed by atoms with Crippen molar-refractivity contribution in [3.05, 3.63) is 36.1 Å². The summed E-state index contributed by atoms with van der Waals surface area (Å²) >= 11 is 0. The van der Waals surface area contributed by atoms with Crippen molar-refractivity contribution in [2.45, 2.75) is 0 Å². The summed E-state index contributed by atoms with van der Waals surface area (Å²) in [5.74, 6) is 1.05. The molecule has 1 aliphatic heterocycles. The van der Waals surface area contributed by atoms with Gasteiger partial charge in [-0.25, -0.2) is 4.39 Å². The van der Waals surface area contributed by atoms with Gasteiger partial charge in [-0.2, -0.15) is 9.97 Å². The number of piperazine rings is 1. The number of aromatic nitrogens is 2. The first-order valence-electron chi connectivity index (χ1n) is 6.78. The Kier molecular flexibility index (Phi) is 3.47. The highest BCUT2D eigenvalue weighted by atomic mass is 19.1. The van der Waals surface area contributed by atoms with Crippen LogP contribution in [0, 0.1) is 5.82 Å². The molecule has 0 radical (unpaired) electrons. The minimum absolute atomic E-state index is 0.168. The molecule has 1 aromatic carbocycles. The van der Waals surface area contributed by atoms with Crippen LogP contribution in [-0.4, -0.2) is 36.1 Å². The van der Waals surface area contributed by atoms with E-state index in [9.17, 15) is 4.39 Å². The van der Waals surface area contributed by atoms with Crippen molar-refractivity contribution in [2.24, 2.45) is 0 Å². The number of nitrogen functional groups attached to an aromatic ring is 2. The lowest BCUT2D eigenvalue weighted by atomic mass is 10.2. The number of anilines is 4. The third-order valence-corrected chi connectivity index (χ3v) is 3.55. The van der Waals surface area contributed by atoms with E-state index < -0.39 is 0 Å². The van der Waals surface area contributed by atoms with Crippen molar-refractivity contribution in [3.8, 4) is 0 Å². The summed E-state index contributed by atoms with van der Waals surface area (Å²) < 4.78 is 13.8.